The molecule has 0 atom stereocenters. The van der Waals surface area contributed by atoms with E-state index >= 15 is 0 Å². The summed E-state index contributed by atoms with van der Waals surface area (Å²) in [7, 11) is 0. The molecule has 0 saturated carbocycles. The van der Waals surface area contributed by atoms with Crippen LogP contribution >= 0.6 is 56.5 Å². The third-order valence-corrected chi connectivity index (χ3v) is 4.15. The van der Waals surface area contributed by atoms with Crippen LogP contribution in [0.15, 0.2) is 22.6 Å². The number of nitrogens with two attached hydrogens (primary N) is 1. The second kappa shape index (κ2) is 6.02. The second-order valence-electron chi connectivity index (χ2n) is 3.27. The van der Waals surface area contributed by atoms with Crippen molar-refractivity contribution >= 4 is 73.7 Å². The van der Waals surface area contributed by atoms with Crippen molar-refractivity contribution in [3.8, 4) is 5.75 Å². The fourth-order valence-corrected chi connectivity index (χ4v) is 3.62. The molecule has 1 heterocycles. The van der Waals surface area contributed by atoms with Gasteiger partial charge < -0.3 is 10.8 Å². The van der Waals surface area contributed by atoms with Gasteiger partial charge in [-0.1, -0.05) is 0 Å². The van der Waals surface area contributed by atoms with Crippen LogP contribution in [0.4, 0.5) is 10.9 Å². The topological polar surface area (TPSA) is 83.5 Å². The molecule has 0 fully saturated rings. The molecule has 0 bridgehead atoms. The van der Waals surface area contributed by atoms with Crippen LogP contribution in [0.5, 0.6) is 5.75 Å². The molecule has 0 aliphatic rings. The lowest BCUT2D eigenvalue weighted by Crippen LogP contribution is -1.93. The number of phenolic OH excluding ortho intramolecular Hbond substituents is 1. The number of rotatable bonds is 3. The average molecular weight is 486 g/mol. The first-order valence-corrected chi connectivity index (χ1v) is 7.78. The molecule has 8 heteroatoms. The number of aromatic nitrogens is 1. The van der Waals surface area contributed by atoms with E-state index in [9.17, 15) is 5.11 Å². The Morgan fingerprint density at radius 1 is 1.44 bits per heavy atom. The molecule has 18 heavy (non-hydrogen) atoms. The van der Waals surface area contributed by atoms with Gasteiger partial charge in [-0.2, -0.15) is 5.10 Å². The van der Waals surface area contributed by atoms with Gasteiger partial charge in [0.1, 0.15) is 11.6 Å². The highest BCUT2D eigenvalue weighted by Crippen LogP contribution is 2.25. The standard InChI is InChI=1S/C10H8I2N4OS/c11-6-1-5(9(17)7(12)2-6)3-14-16-10-15-8(13)4-18-10/h1-4,17H,13H2,(H,15,16). The van der Waals surface area contributed by atoms with E-state index in [2.05, 4.69) is 60.7 Å². The summed E-state index contributed by atoms with van der Waals surface area (Å²) in [5.74, 6) is 0.685. The molecule has 0 radical (unpaired) electrons. The van der Waals surface area contributed by atoms with Crippen LogP contribution in [0, 0.1) is 7.14 Å². The Morgan fingerprint density at radius 2 is 2.22 bits per heavy atom. The Labute approximate surface area is 135 Å². The molecule has 0 amide bonds. The van der Waals surface area contributed by atoms with Gasteiger partial charge in [-0.05, 0) is 57.3 Å². The van der Waals surface area contributed by atoms with E-state index in [4.69, 9.17) is 5.73 Å². The monoisotopic (exact) mass is 486 g/mol. The number of benzene rings is 1. The van der Waals surface area contributed by atoms with Crippen LogP contribution in [0.25, 0.3) is 0 Å². The molecule has 0 spiro atoms. The first-order chi connectivity index (χ1) is 8.56. The first kappa shape index (κ1) is 13.8. The number of hydrogen-bond acceptors (Lipinski definition) is 6. The lowest BCUT2D eigenvalue weighted by molar-refractivity contribution is 0.470. The maximum absolute atomic E-state index is 9.86. The lowest BCUT2D eigenvalue weighted by atomic mass is 10.2. The van der Waals surface area contributed by atoms with Gasteiger partial charge in [0.25, 0.3) is 0 Å². The molecule has 0 aliphatic carbocycles. The van der Waals surface area contributed by atoms with Gasteiger partial charge in [-0.25, -0.2) is 4.98 Å². The summed E-state index contributed by atoms with van der Waals surface area (Å²) in [6.45, 7) is 0. The number of aromatic hydroxyl groups is 1. The Kier molecular flexibility index (Phi) is 4.61. The van der Waals surface area contributed by atoms with Crippen LogP contribution in [0.3, 0.4) is 0 Å². The van der Waals surface area contributed by atoms with Crippen LogP contribution in [-0.2, 0) is 0 Å². The van der Waals surface area contributed by atoms with Crippen LogP contribution in [-0.4, -0.2) is 16.3 Å². The first-order valence-electron chi connectivity index (χ1n) is 4.74. The van der Waals surface area contributed by atoms with E-state index in [-0.39, 0.29) is 5.75 Å². The molecule has 4 N–H and O–H groups in total. The molecule has 2 aromatic rings. The van der Waals surface area contributed by atoms with Gasteiger partial charge in [-0.3, -0.25) is 5.43 Å². The molecule has 0 saturated heterocycles. The zero-order valence-electron chi connectivity index (χ0n) is 8.89. The number of anilines is 2. The number of hydrazone groups is 1. The van der Waals surface area contributed by atoms with Gasteiger partial charge in [0.05, 0.1) is 9.78 Å². The van der Waals surface area contributed by atoms with Gasteiger partial charge in [0, 0.05) is 14.5 Å². The summed E-state index contributed by atoms with van der Waals surface area (Å²) in [5, 5.41) is 16.2. The largest absolute Gasteiger partial charge is 0.506 e. The van der Waals surface area contributed by atoms with E-state index in [0.717, 1.165) is 7.14 Å². The lowest BCUT2D eigenvalue weighted by Gasteiger charge is -2.02. The van der Waals surface area contributed by atoms with E-state index in [1.165, 1.54) is 11.3 Å². The molecular weight excluding hydrogens is 478 g/mol. The molecule has 94 valence electrons. The molecule has 1 aromatic heterocycles. The number of phenols is 1. The van der Waals surface area contributed by atoms with Crippen molar-refractivity contribution < 1.29 is 5.11 Å². The van der Waals surface area contributed by atoms with E-state index in [1.807, 2.05) is 12.1 Å². The van der Waals surface area contributed by atoms with E-state index in [1.54, 1.807) is 11.6 Å². The Hall–Kier alpha value is -0.620. The highest BCUT2D eigenvalue weighted by molar-refractivity contribution is 14.1. The van der Waals surface area contributed by atoms with E-state index < -0.39 is 0 Å². The van der Waals surface area contributed by atoms with Gasteiger partial charge >= 0.3 is 0 Å². The van der Waals surface area contributed by atoms with Crippen molar-refractivity contribution in [3.63, 3.8) is 0 Å². The van der Waals surface area contributed by atoms with Crippen molar-refractivity contribution in [2.24, 2.45) is 5.10 Å². The molecule has 0 unspecified atom stereocenters. The molecule has 1 aromatic carbocycles. The zero-order valence-corrected chi connectivity index (χ0v) is 14.0. The summed E-state index contributed by atoms with van der Waals surface area (Å²) in [6, 6.07) is 3.74. The highest BCUT2D eigenvalue weighted by atomic mass is 127. The molecule has 5 nitrogen and oxygen atoms in total. The van der Waals surface area contributed by atoms with Gasteiger partial charge in [0.15, 0.2) is 0 Å². The minimum Gasteiger partial charge on any atom is -0.506 e. The zero-order chi connectivity index (χ0) is 13.1. The Morgan fingerprint density at radius 3 is 2.89 bits per heavy atom. The predicted octanol–water partition coefficient (Wildman–Crippen LogP) is 3.09. The van der Waals surface area contributed by atoms with Crippen molar-refractivity contribution in [2.45, 2.75) is 0 Å². The van der Waals surface area contributed by atoms with Gasteiger partial charge in [0.2, 0.25) is 5.13 Å². The quantitative estimate of drug-likeness (QED) is 0.354. The summed E-state index contributed by atoms with van der Waals surface area (Å²) < 4.78 is 1.83. The molecular formula is C10H8I2N4OS. The number of nitrogens with one attached hydrogen (secondary N) is 1. The van der Waals surface area contributed by atoms with Crippen molar-refractivity contribution in [1.82, 2.24) is 4.98 Å². The smallest absolute Gasteiger partial charge is 0.205 e. The van der Waals surface area contributed by atoms with E-state index in [0.29, 0.717) is 16.5 Å². The highest BCUT2D eigenvalue weighted by Gasteiger charge is 2.05. The predicted molar refractivity (Wildman–Crippen MR) is 91.3 cm³/mol. The normalized spacial score (nSPS) is 11.0. The minimum atomic E-state index is 0.222. The van der Waals surface area contributed by atoms with Crippen LogP contribution < -0.4 is 11.2 Å². The number of thiazole rings is 1. The van der Waals surface area contributed by atoms with Crippen molar-refractivity contribution in [3.05, 3.63) is 30.2 Å². The number of nitrogen functional groups attached to an aromatic ring is 1. The third kappa shape index (κ3) is 3.45. The maximum atomic E-state index is 9.86. The van der Waals surface area contributed by atoms with Gasteiger partial charge in [-0.15, -0.1) is 11.3 Å². The Bertz CT molecular complexity index is 600. The second-order valence-corrected chi connectivity index (χ2v) is 6.54. The molecule has 2 rings (SSSR count). The average Bonchev–Trinajstić information content (AvgIpc) is 2.71. The molecule has 0 aliphatic heterocycles. The summed E-state index contributed by atoms with van der Waals surface area (Å²) in [5.41, 5.74) is 8.91. The number of hydrogen-bond donors (Lipinski definition) is 3. The third-order valence-electron chi connectivity index (χ3n) is 1.94. The van der Waals surface area contributed by atoms with Crippen LogP contribution in [0.2, 0.25) is 0 Å². The SMILES string of the molecule is Nc1csc(NN=Cc2cc(I)cc(I)c2O)n1. The van der Waals surface area contributed by atoms with Crippen molar-refractivity contribution in [2.75, 3.05) is 11.2 Å². The fraction of sp³-hybridized carbons (Fsp3) is 0. The number of halogens is 2. The Balaban J connectivity index is 2.14. The summed E-state index contributed by atoms with van der Waals surface area (Å²) in [6.07, 6.45) is 1.55. The maximum Gasteiger partial charge on any atom is 0.205 e. The van der Waals surface area contributed by atoms with Crippen LogP contribution in [0.1, 0.15) is 5.56 Å². The number of nitrogens with zero attached hydrogens (tertiary/aromatic N) is 2. The van der Waals surface area contributed by atoms with Crippen molar-refractivity contribution in [1.29, 1.82) is 0 Å². The fourth-order valence-electron chi connectivity index (χ4n) is 1.18. The minimum absolute atomic E-state index is 0.222. The summed E-state index contributed by atoms with van der Waals surface area (Å²) >= 11 is 5.64. The summed E-state index contributed by atoms with van der Waals surface area (Å²) in [4.78, 5) is 4.01.